The number of carbonyl (C=O) groups excluding carboxylic acids is 2. The Hall–Kier alpha value is -7.54. The van der Waals surface area contributed by atoms with Crippen LogP contribution in [0.1, 0.15) is 71.9 Å². The number of ketones is 1. The molecule has 8 aromatic carbocycles. The molecule has 0 atom stereocenters. The summed E-state index contributed by atoms with van der Waals surface area (Å²) in [6.45, 7) is 12.8. The maximum atomic E-state index is 13.0. The zero-order valence-electron chi connectivity index (χ0n) is 42.1. The van der Waals surface area contributed by atoms with E-state index < -0.39 is 0 Å². The van der Waals surface area contributed by atoms with Gasteiger partial charge in [0.2, 0.25) is 0 Å². The van der Waals surface area contributed by atoms with Crippen LogP contribution >= 0.6 is 0 Å². The minimum Gasteiger partial charge on any atom is -0.463 e. The summed E-state index contributed by atoms with van der Waals surface area (Å²) < 4.78 is 11.1. The highest BCUT2D eigenvalue weighted by molar-refractivity contribution is 5.85. The van der Waals surface area contributed by atoms with E-state index in [2.05, 4.69) is 211 Å². The van der Waals surface area contributed by atoms with E-state index in [4.69, 9.17) is 9.47 Å². The molecule has 0 aliphatic carbocycles. The quantitative estimate of drug-likeness (QED) is 0.0560. The number of aryl methyl sites for hydroxylation is 2. The molecule has 0 N–H and O–H groups in total. The van der Waals surface area contributed by atoms with Gasteiger partial charge in [-0.2, -0.15) is 0 Å². The van der Waals surface area contributed by atoms with Gasteiger partial charge in [0.1, 0.15) is 12.4 Å². The van der Waals surface area contributed by atoms with Gasteiger partial charge in [0.05, 0.1) is 12.2 Å². The van der Waals surface area contributed by atoms with Gasteiger partial charge >= 0.3 is 5.97 Å². The zero-order valence-corrected chi connectivity index (χ0v) is 42.1. The second-order valence-corrected chi connectivity index (χ2v) is 19.8. The Balaban J connectivity index is 1.03. The minimum absolute atomic E-state index is 0.226. The molecule has 0 aromatic heterocycles. The SMILES string of the molecule is CCC(C)(C)C(=O)CCc1ccc(N(c2ccc(-c3ccccc3)cc2)c2ccc(-c3ccc(N(c4ccc(CCC(=O)OCCOC(C)(C)C)cc4)c4ccc(-c5ccccc5)cc4)cc3)cc2)cc1. The molecule has 0 saturated heterocycles. The Kier molecular flexibility index (Phi) is 16.1. The Labute approximate surface area is 421 Å². The Morgan fingerprint density at radius 1 is 0.394 bits per heavy atom. The molecule has 0 unspecified atom stereocenters. The molecule has 0 fully saturated rings. The first-order valence-corrected chi connectivity index (χ1v) is 25.0. The van der Waals surface area contributed by atoms with E-state index in [0.717, 1.165) is 80.3 Å². The predicted molar refractivity (Wildman–Crippen MR) is 295 cm³/mol. The van der Waals surface area contributed by atoms with E-state index in [0.29, 0.717) is 31.7 Å². The maximum absolute atomic E-state index is 13.0. The molecule has 0 spiro atoms. The van der Waals surface area contributed by atoms with Crippen LogP contribution in [-0.4, -0.2) is 30.6 Å². The summed E-state index contributed by atoms with van der Waals surface area (Å²) in [5.74, 6) is 0.0817. The van der Waals surface area contributed by atoms with E-state index in [9.17, 15) is 9.59 Å². The first-order chi connectivity index (χ1) is 34.3. The summed E-state index contributed by atoms with van der Waals surface area (Å²) in [6.07, 6.45) is 2.99. The molecule has 8 rings (SSSR count). The number of hydrogen-bond donors (Lipinski definition) is 0. The highest BCUT2D eigenvalue weighted by atomic mass is 16.6. The second-order valence-electron chi connectivity index (χ2n) is 19.8. The highest BCUT2D eigenvalue weighted by Crippen LogP contribution is 2.40. The van der Waals surface area contributed by atoms with Crippen LogP contribution in [0.4, 0.5) is 34.1 Å². The van der Waals surface area contributed by atoms with Gasteiger partial charge in [-0.05, 0) is 157 Å². The monoisotopic (exact) mass is 939 g/mol. The standard InChI is InChI=1S/C65H66N2O4/c1-7-65(5,6)62(68)44-22-48-18-32-56(33-19-48)66(58-36-24-52(25-37-58)50-14-10-8-11-15-50)60-40-28-54(29-41-60)55-30-42-61(43-31-55)67(59-38-26-53(27-39-59)51-16-12-9-13-17-51)57-34-20-49(21-35-57)23-45-63(69)70-46-47-71-64(2,3)4/h8-21,24-43H,7,22-23,44-47H2,1-6H3. The molecule has 0 aliphatic heterocycles. The van der Waals surface area contributed by atoms with Crippen molar-refractivity contribution in [3.8, 4) is 33.4 Å². The molecule has 0 heterocycles. The lowest BCUT2D eigenvalue weighted by Gasteiger charge is -2.27. The summed E-state index contributed by atoms with van der Waals surface area (Å²) in [4.78, 5) is 30.1. The van der Waals surface area contributed by atoms with Crippen LogP contribution in [0, 0.1) is 5.41 Å². The number of ether oxygens (including phenoxy) is 2. The van der Waals surface area contributed by atoms with Gasteiger partial charge in [-0.25, -0.2) is 0 Å². The van der Waals surface area contributed by atoms with E-state index in [1.165, 1.54) is 11.1 Å². The number of Topliss-reactive ketones (excluding diaryl/α,β-unsaturated/α-hetero) is 1. The fourth-order valence-electron chi connectivity index (χ4n) is 8.61. The van der Waals surface area contributed by atoms with Gasteiger partial charge in [-0.15, -0.1) is 0 Å². The third-order valence-corrected chi connectivity index (χ3v) is 13.2. The van der Waals surface area contributed by atoms with Crippen molar-refractivity contribution in [1.29, 1.82) is 0 Å². The van der Waals surface area contributed by atoms with Crippen LogP contribution in [0.3, 0.4) is 0 Å². The first kappa shape index (κ1) is 49.9. The molecule has 6 heteroatoms. The van der Waals surface area contributed by atoms with Crippen molar-refractivity contribution in [2.75, 3.05) is 23.0 Å². The number of rotatable bonds is 20. The van der Waals surface area contributed by atoms with Crippen LogP contribution in [0.2, 0.25) is 0 Å². The lowest BCUT2D eigenvalue weighted by molar-refractivity contribution is -0.146. The zero-order chi connectivity index (χ0) is 49.8. The number of nitrogens with zero attached hydrogens (tertiary/aromatic N) is 2. The average Bonchev–Trinajstić information content (AvgIpc) is 3.40. The maximum Gasteiger partial charge on any atom is 0.306 e. The van der Waals surface area contributed by atoms with Gasteiger partial charge in [0.15, 0.2) is 0 Å². The van der Waals surface area contributed by atoms with Crippen LogP contribution in [0.5, 0.6) is 0 Å². The molecule has 0 saturated carbocycles. The van der Waals surface area contributed by atoms with Gasteiger partial charge < -0.3 is 19.3 Å². The number of carbonyl (C=O) groups is 2. The van der Waals surface area contributed by atoms with Crippen LogP contribution < -0.4 is 9.80 Å². The topological polar surface area (TPSA) is 59.1 Å². The third kappa shape index (κ3) is 13.2. The molecule has 0 aliphatic rings. The molecule has 6 nitrogen and oxygen atoms in total. The smallest absolute Gasteiger partial charge is 0.306 e. The third-order valence-electron chi connectivity index (χ3n) is 13.2. The van der Waals surface area contributed by atoms with Crippen LogP contribution in [0.25, 0.3) is 33.4 Å². The highest BCUT2D eigenvalue weighted by Gasteiger charge is 2.24. The Morgan fingerprint density at radius 2 is 0.704 bits per heavy atom. The lowest BCUT2D eigenvalue weighted by Crippen LogP contribution is -2.23. The van der Waals surface area contributed by atoms with Crippen molar-refractivity contribution in [3.05, 3.63) is 217 Å². The van der Waals surface area contributed by atoms with E-state index in [1.54, 1.807) is 0 Å². The summed E-state index contributed by atoms with van der Waals surface area (Å²) >= 11 is 0. The molecule has 0 radical (unpaired) electrons. The lowest BCUT2D eigenvalue weighted by atomic mass is 9.83. The van der Waals surface area contributed by atoms with Crippen molar-refractivity contribution in [1.82, 2.24) is 0 Å². The second kappa shape index (κ2) is 22.9. The van der Waals surface area contributed by atoms with Gasteiger partial charge in [-0.3, -0.25) is 9.59 Å². The van der Waals surface area contributed by atoms with Crippen molar-refractivity contribution in [3.63, 3.8) is 0 Å². The summed E-state index contributed by atoms with van der Waals surface area (Å²) in [7, 11) is 0. The first-order valence-electron chi connectivity index (χ1n) is 25.0. The molecule has 8 aromatic rings. The molecular formula is C65H66N2O4. The normalized spacial score (nSPS) is 11.5. The fourth-order valence-corrected chi connectivity index (χ4v) is 8.61. The molecular weight excluding hydrogens is 873 g/mol. The molecule has 0 bridgehead atoms. The van der Waals surface area contributed by atoms with Crippen LogP contribution in [-0.2, 0) is 31.9 Å². The van der Waals surface area contributed by atoms with E-state index >= 15 is 0 Å². The van der Waals surface area contributed by atoms with Crippen LogP contribution in [0.15, 0.2) is 206 Å². The van der Waals surface area contributed by atoms with E-state index in [1.807, 2.05) is 46.8 Å². The fraction of sp³-hybridized carbons (Fsp3) is 0.231. The Morgan fingerprint density at radius 3 is 1.03 bits per heavy atom. The van der Waals surface area contributed by atoms with Crippen molar-refractivity contribution >= 4 is 45.9 Å². The number of benzene rings is 8. The minimum atomic E-state index is -0.301. The number of hydrogen-bond acceptors (Lipinski definition) is 6. The van der Waals surface area contributed by atoms with Crippen molar-refractivity contribution in [2.24, 2.45) is 5.41 Å². The predicted octanol–water partition coefficient (Wildman–Crippen LogP) is 16.9. The summed E-state index contributed by atoms with van der Waals surface area (Å²) in [6, 6.07) is 72.9. The van der Waals surface area contributed by atoms with Gasteiger partial charge in [0.25, 0.3) is 0 Å². The van der Waals surface area contributed by atoms with Gasteiger partial charge in [-0.1, -0.05) is 154 Å². The van der Waals surface area contributed by atoms with Gasteiger partial charge in [0, 0.05) is 52.4 Å². The van der Waals surface area contributed by atoms with Crippen molar-refractivity contribution in [2.45, 2.75) is 79.2 Å². The number of anilines is 6. The summed E-state index contributed by atoms with van der Waals surface area (Å²) in [5.41, 5.74) is 14.7. The molecule has 71 heavy (non-hydrogen) atoms. The Bertz CT molecular complexity index is 2940. The largest absolute Gasteiger partial charge is 0.463 e. The number of esters is 1. The van der Waals surface area contributed by atoms with E-state index in [-0.39, 0.29) is 23.6 Å². The average molecular weight is 939 g/mol. The molecule has 360 valence electrons. The molecule has 0 amide bonds. The summed E-state index contributed by atoms with van der Waals surface area (Å²) in [5, 5.41) is 0. The van der Waals surface area contributed by atoms with Crippen molar-refractivity contribution < 1.29 is 19.1 Å².